The van der Waals surface area contributed by atoms with Crippen LogP contribution >= 0.6 is 0 Å². The van der Waals surface area contributed by atoms with Crippen LogP contribution in [-0.4, -0.2) is 0 Å². The van der Waals surface area contributed by atoms with Crippen molar-refractivity contribution in [2.24, 2.45) is 0 Å². The fourth-order valence-electron chi connectivity index (χ4n) is 11.9. The van der Waals surface area contributed by atoms with Crippen LogP contribution in [0.25, 0.3) is 44.2 Å². The molecular weight excluding hydrogens is 773 g/mol. The molecule has 13 rings (SSSR count). The van der Waals surface area contributed by atoms with Crippen LogP contribution in [0.3, 0.4) is 0 Å². The summed E-state index contributed by atoms with van der Waals surface area (Å²) in [6.07, 6.45) is 0. The Morgan fingerprint density at radius 1 is 0.328 bits per heavy atom. The number of benzene rings is 10. The molecule has 302 valence electrons. The van der Waals surface area contributed by atoms with Crippen molar-refractivity contribution < 1.29 is 0 Å². The second-order valence-corrected chi connectivity index (χ2v) is 18.0. The van der Waals surface area contributed by atoms with Gasteiger partial charge < -0.3 is 9.80 Å². The van der Waals surface area contributed by atoms with E-state index in [9.17, 15) is 0 Å². The number of hydrogen-bond donors (Lipinski definition) is 0. The molecule has 0 fully saturated rings. The zero-order valence-corrected chi connectivity index (χ0v) is 35.8. The summed E-state index contributed by atoms with van der Waals surface area (Å²) in [5.41, 5.74) is 21.8. The Morgan fingerprint density at radius 3 is 1.45 bits per heavy atom. The van der Waals surface area contributed by atoms with Crippen molar-refractivity contribution in [3.05, 3.63) is 264 Å². The summed E-state index contributed by atoms with van der Waals surface area (Å²) >= 11 is 0. The molecule has 0 radical (unpaired) electrons. The predicted molar refractivity (Wildman–Crippen MR) is 267 cm³/mol. The number of hydrogen-bond acceptors (Lipinski definition) is 2. The number of rotatable bonds is 6. The smallest absolute Gasteiger partial charge is 0.0727 e. The van der Waals surface area contributed by atoms with E-state index in [2.05, 4.69) is 254 Å². The lowest BCUT2D eigenvalue weighted by Gasteiger charge is -2.35. The van der Waals surface area contributed by atoms with E-state index in [1.165, 1.54) is 94.6 Å². The Balaban J connectivity index is 1.16. The maximum Gasteiger partial charge on any atom is 0.0727 e. The van der Waals surface area contributed by atoms with Gasteiger partial charge in [0.05, 0.1) is 22.5 Å². The summed E-state index contributed by atoms with van der Waals surface area (Å²) in [5, 5.41) is 2.44. The minimum Gasteiger partial charge on any atom is -0.310 e. The predicted octanol–water partition coefficient (Wildman–Crippen LogP) is 16.4. The highest BCUT2D eigenvalue weighted by Crippen LogP contribution is 2.67. The van der Waals surface area contributed by atoms with Gasteiger partial charge in [0.1, 0.15) is 0 Å². The fourth-order valence-corrected chi connectivity index (χ4v) is 11.9. The van der Waals surface area contributed by atoms with E-state index in [-0.39, 0.29) is 5.41 Å². The van der Waals surface area contributed by atoms with E-state index in [1.807, 2.05) is 0 Å². The monoisotopic (exact) mass is 816 g/mol. The molecule has 1 unspecified atom stereocenters. The second-order valence-electron chi connectivity index (χ2n) is 18.0. The van der Waals surface area contributed by atoms with Crippen LogP contribution in [0.4, 0.5) is 34.1 Å². The third kappa shape index (κ3) is 4.91. The maximum absolute atomic E-state index is 2.61. The average molecular weight is 817 g/mol. The molecule has 0 heterocycles. The SMILES string of the molecule is CC1(C)c2ccccc2-c2cccc(N(c3ccccc3)c3c4c(cc5ccccc35)C3(c5ccccc5-c5c(N(c6ccccc6)c6ccccc6)cccc53)c3ccccc3-4)c21. The quantitative estimate of drug-likeness (QED) is 0.165. The summed E-state index contributed by atoms with van der Waals surface area (Å²) in [4.78, 5) is 5.04. The molecule has 1 spiro atoms. The Kier molecular flexibility index (Phi) is 7.90. The minimum atomic E-state index is -0.595. The van der Waals surface area contributed by atoms with E-state index < -0.39 is 5.41 Å². The highest BCUT2D eigenvalue weighted by molar-refractivity contribution is 6.13. The summed E-state index contributed by atoms with van der Waals surface area (Å²) in [5.74, 6) is 0. The van der Waals surface area contributed by atoms with Crippen LogP contribution in [0.5, 0.6) is 0 Å². The van der Waals surface area contributed by atoms with Gasteiger partial charge in [0.15, 0.2) is 0 Å². The number of fused-ring (bicyclic) bond motifs is 14. The molecule has 3 aliphatic rings. The van der Waals surface area contributed by atoms with Gasteiger partial charge in [0.2, 0.25) is 0 Å². The van der Waals surface area contributed by atoms with E-state index in [4.69, 9.17) is 0 Å². The molecule has 1 atom stereocenters. The van der Waals surface area contributed by atoms with E-state index in [0.717, 1.165) is 17.1 Å². The first-order chi connectivity index (χ1) is 31.6. The van der Waals surface area contributed by atoms with Crippen LogP contribution in [0.1, 0.15) is 47.2 Å². The zero-order valence-electron chi connectivity index (χ0n) is 35.8. The molecule has 10 aromatic carbocycles. The van der Waals surface area contributed by atoms with Crippen molar-refractivity contribution in [1.29, 1.82) is 0 Å². The summed E-state index contributed by atoms with van der Waals surface area (Å²) in [6.45, 7) is 4.81. The molecule has 0 saturated carbocycles. The van der Waals surface area contributed by atoms with Crippen molar-refractivity contribution in [2.75, 3.05) is 9.80 Å². The van der Waals surface area contributed by atoms with Gasteiger partial charge >= 0.3 is 0 Å². The fraction of sp³-hybridized carbons (Fsp3) is 0.0645. The van der Waals surface area contributed by atoms with Crippen LogP contribution in [0, 0.1) is 0 Å². The number of para-hydroxylation sites is 3. The normalized spacial score (nSPS) is 15.5. The van der Waals surface area contributed by atoms with Crippen LogP contribution in [-0.2, 0) is 10.8 Å². The molecule has 0 N–H and O–H groups in total. The second kappa shape index (κ2) is 13.8. The zero-order chi connectivity index (χ0) is 42.6. The van der Waals surface area contributed by atoms with E-state index in [1.54, 1.807) is 0 Å². The van der Waals surface area contributed by atoms with Gasteiger partial charge in [-0.05, 0) is 116 Å². The Bertz CT molecular complexity index is 3440. The average Bonchev–Trinajstić information content (AvgIpc) is 3.91. The first kappa shape index (κ1) is 36.7. The number of anilines is 6. The molecule has 0 saturated heterocycles. The minimum absolute atomic E-state index is 0.231. The topological polar surface area (TPSA) is 6.48 Å². The lowest BCUT2D eigenvalue weighted by Crippen LogP contribution is -2.26. The summed E-state index contributed by atoms with van der Waals surface area (Å²) in [7, 11) is 0. The molecule has 0 aliphatic heterocycles. The first-order valence-corrected chi connectivity index (χ1v) is 22.4. The Morgan fingerprint density at radius 2 is 0.797 bits per heavy atom. The maximum atomic E-state index is 2.61. The Labute approximate surface area is 375 Å². The lowest BCUT2D eigenvalue weighted by atomic mass is 9.70. The molecule has 10 aromatic rings. The molecule has 0 bridgehead atoms. The lowest BCUT2D eigenvalue weighted by molar-refractivity contribution is 0.661. The van der Waals surface area contributed by atoms with Gasteiger partial charge in [-0.2, -0.15) is 0 Å². The molecule has 2 heteroatoms. The third-order valence-corrected chi connectivity index (χ3v) is 14.4. The van der Waals surface area contributed by atoms with Crippen molar-refractivity contribution in [3.8, 4) is 33.4 Å². The van der Waals surface area contributed by atoms with E-state index in [0.29, 0.717) is 0 Å². The van der Waals surface area contributed by atoms with Crippen molar-refractivity contribution in [1.82, 2.24) is 0 Å². The van der Waals surface area contributed by atoms with Gasteiger partial charge in [-0.3, -0.25) is 0 Å². The molecule has 3 aliphatic carbocycles. The van der Waals surface area contributed by atoms with Gasteiger partial charge in [0.25, 0.3) is 0 Å². The Hall–Kier alpha value is -7.94. The molecular formula is C62H44N2. The molecule has 0 amide bonds. The number of nitrogens with zero attached hydrogens (tertiary/aromatic N) is 2. The highest BCUT2D eigenvalue weighted by atomic mass is 15.2. The van der Waals surface area contributed by atoms with Gasteiger partial charge in [-0.25, -0.2) is 0 Å². The van der Waals surface area contributed by atoms with Crippen LogP contribution in [0.2, 0.25) is 0 Å². The third-order valence-electron chi connectivity index (χ3n) is 14.4. The molecule has 64 heavy (non-hydrogen) atoms. The molecule has 0 aromatic heterocycles. The van der Waals surface area contributed by atoms with Gasteiger partial charge in [-0.15, -0.1) is 0 Å². The van der Waals surface area contributed by atoms with Gasteiger partial charge in [-0.1, -0.05) is 190 Å². The van der Waals surface area contributed by atoms with E-state index >= 15 is 0 Å². The highest BCUT2D eigenvalue weighted by Gasteiger charge is 2.54. The van der Waals surface area contributed by atoms with Gasteiger partial charge in [0, 0.05) is 39.0 Å². The van der Waals surface area contributed by atoms with Crippen molar-refractivity contribution >= 4 is 44.9 Å². The molecule has 2 nitrogen and oxygen atoms in total. The van der Waals surface area contributed by atoms with Crippen molar-refractivity contribution in [3.63, 3.8) is 0 Å². The standard InChI is InChI=1S/C62H44N2/c1-61(2)50-34-17-14-30-46(50)47-33-20-39-56(59(47)61)64(44-27-10-5-11-28-44)60-45-29-13-12-22-41(45)40-54-58(60)49-32-16-19-36-52(49)62(54)51-35-18-15-31-48(51)57-53(62)37-21-38-55(57)63(42-23-6-3-7-24-42)43-25-8-4-9-26-43/h3-40H,1-2H3. The summed E-state index contributed by atoms with van der Waals surface area (Å²) in [6, 6.07) is 85.7. The van der Waals surface area contributed by atoms with Crippen LogP contribution in [0.15, 0.2) is 231 Å². The van der Waals surface area contributed by atoms with Crippen LogP contribution < -0.4 is 9.80 Å². The first-order valence-electron chi connectivity index (χ1n) is 22.4. The summed E-state index contributed by atoms with van der Waals surface area (Å²) < 4.78 is 0. The largest absolute Gasteiger partial charge is 0.310 e. The van der Waals surface area contributed by atoms with Crippen molar-refractivity contribution in [2.45, 2.75) is 24.7 Å².